The largest absolute Gasteiger partial charge is 0.486 e. The summed E-state index contributed by atoms with van der Waals surface area (Å²) in [5, 5.41) is 25.4. The second-order valence-electron chi connectivity index (χ2n) is 14.0. The highest BCUT2D eigenvalue weighted by Gasteiger charge is 2.40. The van der Waals surface area contributed by atoms with Gasteiger partial charge in [-0.2, -0.15) is 10.5 Å². The van der Waals surface area contributed by atoms with E-state index in [0.29, 0.717) is 25.9 Å². The van der Waals surface area contributed by atoms with Crippen molar-refractivity contribution in [2.24, 2.45) is 0 Å². The zero-order valence-electron chi connectivity index (χ0n) is 35.5. The van der Waals surface area contributed by atoms with Crippen molar-refractivity contribution in [1.29, 1.82) is 10.5 Å². The molecule has 338 valence electrons. The smallest absolute Gasteiger partial charge is 0.410 e. The zero-order chi connectivity index (χ0) is 46.4. The maximum absolute atomic E-state index is 13.6. The molecule has 2 aliphatic heterocycles. The average molecular weight is 913 g/mol. The van der Waals surface area contributed by atoms with E-state index in [0.717, 1.165) is 0 Å². The van der Waals surface area contributed by atoms with Crippen molar-refractivity contribution >= 4 is 45.6 Å². The minimum absolute atomic E-state index is 0.00438. The average Bonchev–Trinajstić information content (AvgIpc) is 3.93. The molecule has 18 heteroatoms. The van der Waals surface area contributed by atoms with E-state index >= 15 is 0 Å². The van der Waals surface area contributed by atoms with Gasteiger partial charge in [0.1, 0.15) is 51.8 Å². The number of nitriles is 2. The van der Waals surface area contributed by atoms with Crippen molar-refractivity contribution in [1.82, 2.24) is 20.4 Å². The van der Waals surface area contributed by atoms with Gasteiger partial charge in [0.15, 0.2) is 23.0 Å². The van der Waals surface area contributed by atoms with Crippen molar-refractivity contribution in [3.8, 4) is 35.1 Å². The van der Waals surface area contributed by atoms with E-state index in [9.17, 15) is 29.7 Å². The Bertz CT molecular complexity index is 2000. The van der Waals surface area contributed by atoms with Gasteiger partial charge in [-0.1, -0.05) is 97.5 Å². The third kappa shape index (κ3) is 13.9. The van der Waals surface area contributed by atoms with E-state index < -0.39 is 36.1 Å². The van der Waals surface area contributed by atoms with Crippen molar-refractivity contribution in [3.63, 3.8) is 0 Å². The molecule has 4 atom stereocenters. The van der Waals surface area contributed by atoms with E-state index in [1.165, 1.54) is 48.6 Å². The molecule has 4 amide bonds. The molecular weight excluding hydrogens is 861 g/mol. The lowest BCUT2D eigenvalue weighted by Gasteiger charge is -2.24. The van der Waals surface area contributed by atoms with Gasteiger partial charge < -0.3 is 48.9 Å². The minimum atomic E-state index is -0.570. The van der Waals surface area contributed by atoms with Gasteiger partial charge in [-0.3, -0.25) is 9.59 Å². The summed E-state index contributed by atoms with van der Waals surface area (Å²) in [6, 6.07) is 8.89. The molecule has 2 fully saturated rings. The monoisotopic (exact) mass is 912 g/mol. The first kappa shape index (κ1) is 49.9. The van der Waals surface area contributed by atoms with Crippen LogP contribution in [0.15, 0.2) is 100 Å². The highest BCUT2D eigenvalue weighted by atomic mass is 33.1. The Kier molecular flexibility index (Phi) is 20.3. The molecule has 2 aromatic carbocycles. The number of hydrogen-bond donors (Lipinski definition) is 2. The maximum Gasteiger partial charge on any atom is 0.410 e. The van der Waals surface area contributed by atoms with E-state index in [1.807, 2.05) is 12.1 Å². The molecule has 0 spiro atoms. The molecule has 16 nitrogen and oxygen atoms in total. The number of carbonyl (C=O) groups excluding carboxylic acids is 4. The van der Waals surface area contributed by atoms with Gasteiger partial charge in [-0.25, -0.2) is 9.59 Å². The number of hydrogen-bond acceptors (Lipinski definition) is 14. The normalized spacial score (nSPS) is 17.3. The van der Waals surface area contributed by atoms with Crippen LogP contribution in [-0.4, -0.2) is 122 Å². The van der Waals surface area contributed by atoms with E-state index in [4.69, 9.17) is 28.4 Å². The molecule has 64 heavy (non-hydrogen) atoms. The third-order valence-corrected chi connectivity index (χ3v) is 12.8. The van der Waals surface area contributed by atoms with Crippen LogP contribution >= 0.6 is 21.6 Å². The number of amides is 4. The Morgan fingerprint density at radius 3 is 1.22 bits per heavy atom. The Hall–Kier alpha value is -6.76. The Balaban J connectivity index is 1.46. The fourth-order valence-electron chi connectivity index (χ4n) is 6.64. The van der Waals surface area contributed by atoms with Crippen LogP contribution < -0.4 is 29.6 Å². The van der Waals surface area contributed by atoms with Gasteiger partial charge in [0.2, 0.25) is 0 Å². The van der Waals surface area contributed by atoms with Gasteiger partial charge in [0.05, 0.1) is 34.3 Å². The molecule has 2 N–H and O–H groups in total. The molecule has 0 aromatic heterocycles. The van der Waals surface area contributed by atoms with Crippen molar-refractivity contribution in [3.05, 3.63) is 122 Å². The highest BCUT2D eigenvalue weighted by molar-refractivity contribution is 8.77. The van der Waals surface area contributed by atoms with Crippen LogP contribution in [0.25, 0.3) is 0 Å². The lowest BCUT2D eigenvalue weighted by Crippen LogP contribution is -2.43. The zero-order valence-corrected chi connectivity index (χ0v) is 37.1. The van der Waals surface area contributed by atoms with Gasteiger partial charge in [0, 0.05) is 48.8 Å². The summed E-state index contributed by atoms with van der Waals surface area (Å²) in [5.41, 5.74) is 0.263. The Morgan fingerprint density at radius 1 is 0.578 bits per heavy atom. The Labute approximate surface area is 381 Å². The van der Waals surface area contributed by atoms with Crippen molar-refractivity contribution in [2.75, 3.05) is 65.8 Å². The van der Waals surface area contributed by atoms with Crippen molar-refractivity contribution < 1.29 is 47.6 Å². The van der Waals surface area contributed by atoms with Crippen LogP contribution in [0, 0.1) is 22.7 Å². The number of nitrogens with zero attached hydrogens (tertiary/aromatic N) is 4. The number of carbonyl (C=O) groups is 4. The van der Waals surface area contributed by atoms with Crippen LogP contribution in [0.5, 0.6) is 23.0 Å². The molecular formula is C46H52N6O10S2. The molecule has 0 bridgehead atoms. The van der Waals surface area contributed by atoms with E-state index in [-0.39, 0.29) is 108 Å². The SMILES string of the molecule is C=CCOC(=O)N1CC(SSC2CC(CNC(=O)c3cc(OCC=C)c(OCC=C)cc3C#N)N(C(=O)OCC=C)C2)CC1CNC(=O)c1cc(OCC=C)c(OCC=C)cc1C#N. The summed E-state index contributed by atoms with van der Waals surface area (Å²) in [6.07, 6.45) is 8.92. The fraction of sp³-hybridized carbons (Fsp3) is 0.348. The van der Waals surface area contributed by atoms with E-state index in [1.54, 1.807) is 43.5 Å². The molecule has 2 heterocycles. The van der Waals surface area contributed by atoms with E-state index in [2.05, 4.69) is 50.1 Å². The molecule has 0 radical (unpaired) electrons. The molecule has 0 saturated carbocycles. The number of benzene rings is 2. The minimum Gasteiger partial charge on any atom is -0.486 e. The third-order valence-electron chi connectivity index (χ3n) is 9.52. The van der Waals surface area contributed by atoms with Gasteiger partial charge in [0.25, 0.3) is 11.8 Å². The number of likely N-dealkylation sites (tertiary alicyclic amines) is 2. The second-order valence-corrected chi connectivity index (χ2v) is 16.9. The first-order valence-corrected chi connectivity index (χ1v) is 22.4. The summed E-state index contributed by atoms with van der Waals surface area (Å²) in [6.45, 7) is 23.2. The van der Waals surface area contributed by atoms with Crippen LogP contribution in [0.1, 0.15) is 44.7 Å². The van der Waals surface area contributed by atoms with Gasteiger partial charge in [-0.15, -0.1) is 0 Å². The van der Waals surface area contributed by atoms with Crippen LogP contribution in [-0.2, 0) is 9.47 Å². The summed E-state index contributed by atoms with van der Waals surface area (Å²) in [7, 11) is 3.10. The molecule has 2 aromatic rings. The summed E-state index contributed by atoms with van der Waals surface area (Å²) >= 11 is 0. The van der Waals surface area contributed by atoms with Crippen LogP contribution in [0.3, 0.4) is 0 Å². The van der Waals surface area contributed by atoms with Gasteiger partial charge >= 0.3 is 12.2 Å². The molecule has 2 aliphatic rings. The maximum atomic E-state index is 13.6. The fourth-order valence-corrected chi connectivity index (χ4v) is 9.78. The molecule has 0 aliphatic carbocycles. The number of nitrogens with one attached hydrogen (secondary N) is 2. The molecule has 4 rings (SSSR count). The topological polar surface area (TPSA) is 202 Å². The quantitative estimate of drug-likeness (QED) is 0.0782. The predicted molar refractivity (Wildman–Crippen MR) is 246 cm³/mol. The van der Waals surface area contributed by atoms with Crippen LogP contribution in [0.2, 0.25) is 0 Å². The lowest BCUT2D eigenvalue weighted by molar-refractivity contribution is 0.0909. The van der Waals surface area contributed by atoms with Crippen LogP contribution in [0.4, 0.5) is 9.59 Å². The molecule has 2 saturated heterocycles. The lowest BCUT2D eigenvalue weighted by atomic mass is 10.1. The standard InChI is InChI=1S/C46H52N6O10S2/c1-7-13-57-39-19-31(25-47)37(23-41(39)59-15-9-3)43(53)49-27-33-21-35(29-51(33)45(55)61-17-11-5)63-64-36-22-34(52(30-36)46(56)62-18-12-6)28-50-44(54)38-24-42(60-16-10-4)40(58-14-8-2)20-32(38)26-48/h7-12,19-20,23-24,33-36H,1-6,13-18,21-22,27-30H2,(H,49,53)(H,50,54). The number of rotatable bonds is 25. The van der Waals surface area contributed by atoms with Gasteiger partial charge in [-0.05, 0) is 25.0 Å². The second kappa shape index (κ2) is 26.0. The van der Waals surface area contributed by atoms with Crippen molar-refractivity contribution in [2.45, 2.75) is 35.4 Å². The summed E-state index contributed by atoms with van der Waals surface area (Å²) < 4.78 is 33.6. The Morgan fingerprint density at radius 2 is 0.906 bits per heavy atom. The summed E-state index contributed by atoms with van der Waals surface area (Å²) in [5.74, 6) is -0.0686. The first-order valence-electron chi connectivity index (χ1n) is 20.1. The highest BCUT2D eigenvalue weighted by Crippen LogP contribution is 2.42. The summed E-state index contributed by atoms with van der Waals surface area (Å²) in [4.78, 5) is 56.8. The first-order chi connectivity index (χ1) is 31.0. The molecule has 4 unspecified atom stereocenters. The number of ether oxygens (including phenoxy) is 6. The predicted octanol–water partition coefficient (Wildman–Crippen LogP) is 6.76.